The van der Waals surface area contributed by atoms with Crippen molar-refractivity contribution in [3.05, 3.63) is 58.3 Å². The van der Waals surface area contributed by atoms with Gasteiger partial charge in [0, 0.05) is 19.0 Å². The number of thiophene rings is 1. The summed E-state index contributed by atoms with van der Waals surface area (Å²) < 4.78 is 14.1. The zero-order valence-corrected chi connectivity index (χ0v) is 16.1. The van der Waals surface area contributed by atoms with Crippen molar-refractivity contribution >= 4 is 39.1 Å². The second-order valence-corrected chi connectivity index (χ2v) is 7.65. The van der Waals surface area contributed by atoms with Crippen LogP contribution in [0.5, 0.6) is 0 Å². The minimum absolute atomic E-state index is 0.0674. The number of halogens is 1. The highest BCUT2D eigenvalue weighted by molar-refractivity contribution is 7.21. The lowest BCUT2D eigenvalue weighted by atomic mass is 10.1. The lowest BCUT2D eigenvalue weighted by Crippen LogP contribution is -2.31. The molecule has 0 radical (unpaired) electrons. The van der Waals surface area contributed by atoms with E-state index in [1.54, 1.807) is 24.1 Å². The van der Waals surface area contributed by atoms with E-state index in [1.165, 1.54) is 23.5 Å². The van der Waals surface area contributed by atoms with Crippen LogP contribution in [0.25, 0.3) is 10.2 Å². The van der Waals surface area contributed by atoms with E-state index >= 15 is 0 Å². The SMILES string of the molecule is CNC(=O)c1sc2nc(C3CCCN3C(=O)c3ccccc3F)ccc2c1N. The number of aromatic nitrogens is 1. The van der Waals surface area contributed by atoms with Crippen LogP contribution in [0.3, 0.4) is 0 Å². The maximum absolute atomic E-state index is 14.1. The third-order valence-electron chi connectivity index (χ3n) is 5.01. The van der Waals surface area contributed by atoms with Crippen molar-refractivity contribution in [2.24, 2.45) is 0 Å². The Morgan fingerprint density at radius 1 is 1.29 bits per heavy atom. The lowest BCUT2D eigenvalue weighted by Gasteiger charge is -2.24. The molecule has 3 heterocycles. The molecule has 144 valence electrons. The van der Waals surface area contributed by atoms with E-state index in [-0.39, 0.29) is 23.4 Å². The summed E-state index contributed by atoms with van der Waals surface area (Å²) in [6, 6.07) is 9.44. The molecule has 0 aliphatic carbocycles. The number of pyridine rings is 1. The van der Waals surface area contributed by atoms with E-state index in [9.17, 15) is 14.0 Å². The number of carbonyl (C=O) groups excluding carboxylic acids is 2. The van der Waals surface area contributed by atoms with Crippen molar-refractivity contribution in [1.29, 1.82) is 0 Å². The quantitative estimate of drug-likeness (QED) is 0.708. The number of carbonyl (C=O) groups is 2. The molecule has 1 fully saturated rings. The van der Waals surface area contributed by atoms with Crippen molar-refractivity contribution in [2.75, 3.05) is 19.3 Å². The summed E-state index contributed by atoms with van der Waals surface area (Å²) in [6.45, 7) is 0.549. The molecule has 3 N–H and O–H groups in total. The molecule has 2 aromatic heterocycles. The van der Waals surface area contributed by atoms with Gasteiger partial charge in [0.05, 0.1) is 23.0 Å². The van der Waals surface area contributed by atoms with E-state index in [0.29, 0.717) is 21.9 Å². The number of nitrogens with zero attached hydrogens (tertiary/aromatic N) is 2. The van der Waals surface area contributed by atoms with E-state index in [4.69, 9.17) is 5.73 Å². The molecule has 1 saturated heterocycles. The molecular formula is C20H19FN4O2S. The minimum atomic E-state index is -0.525. The number of rotatable bonds is 3. The standard InChI is InChI=1S/C20H19FN4O2S/c1-23-18(26)17-16(22)12-8-9-14(24-19(12)28-17)15-7-4-10-25(15)20(27)11-5-2-3-6-13(11)21/h2-3,5-6,8-9,15H,4,7,10,22H2,1H3,(H,23,26). The summed E-state index contributed by atoms with van der Waals surface area (Å²) in [7, 11) is 1.55. The summed E-state index contributed by atoms with van der Waals surface area (Å²) in [4.78, 5) is 32.3. The number of nitrogen functional groups attached to an aromatic ring is 1. The Hall–Kier alpha value is -3.00. The Labute approximate surface area is 165 Å². The van der Waals surface area contributed by atoms with Crippen molar-refractivity contribution < 1.29 is 14.0 Å². The van der Waals surface area contributed by atoms with Crippen LogP contribution >= 0.6 is 11.3 Å². The van der Waals surface area contributed by atoms with E-state index in [2.05, 4.69) is 10.3 Å². The van der Waals surface area contributed by atoms with Gasteiger partial charge in [-0.15, -0.1) is 11.3 Å². The van der Waals surface area contributed by atoms with Crippen LogP contribution in [-0.2, 0) is 0 Å². The third kappa shape index (κ3) is 2.99. The Kier molecular flexibility index (Phi) is 4.72. The fourth-order valence-electron chi connectivity index (χ4n) is 3.59. The van der Waals surface area contributed by atoms with Crippen LogP contribution in [0.1, 0.15) is 44.6 Å². The first-order valence-corrected chi connectivity index (χ1v) is 9.79. The topological polar surface area (TPSA) is 88.3 Å². The fourth-order valence-corrected chi connectivity index (χ4v) is 4.63. The molecule has 2 amide bonds. The van der Waals surface area contributed by atoms with Crippen LogP contribution in [0.4, 0.5) is 10.1 Å². The van der Waals surface area contributed by atoms with Crippen molar-refractivity contribution in [3.63, 3.8) is 0 Å². The number of nitrogens with two attached hydrogens (primary N) is 1. The molecule has 0 saturated carbocycles. The third-order valence-corrected chi connectivity index (χ3v) is 6.12. The van der Waals surface area contributed by atoms with Crippen LogP contribution < -0.4 is 11.1 Å². The van der Waals surface area contributed by atoms with Gasteiger partial charge in [0.2, 0.25) is 0 Å². The first-order valence-electron chi connectivity index (χ1n) is 8.97. The maximum atomic E-state index is 14.1. The number of anilines is 1. The predicted octanol–water partition coefficient (Wildman–Crippen LogP) is 3.35. The number of hydrogen-bond donors (Lipinski definition) is 2. The summed E-state index contributed by atoms with van der Waals surface area (Å²) in [6.07, 6.45) is 1.57. The van der Waals surface area contributed by atoms with Gasteiger partial charge < -0.3 is 16.0 Å². The maximum Gasteiger partial charge on any atom is 0.263 e. The number of likely N-dealkylation sites (tertiary alicyclic amines) is 1. The monoisotopic (exact) mass is 398 g/mol. The second-order valence-electron chi connectivity index (χ2n) is 6.65. The zero-order valence-electron chi connectivity index (χ0n) is 15.2. The Bertz CT molecular complexity index is 1080. The van der Waals surface area contributed by atoms with Crippen LogP contribution in [0, 0.1) is 5.82 Å². The second kappa shape index (κ2) is 7.20. The highest BCUT2D eigenvalue weighted by Crippen LogP contribution is 2.37. The van der Waals surface area contributed by atoms with Gasteiger partial charge in [-0.3, -0.25) is 9.59 Å². The highest BCUT2D eigenvalue weighted by atomic mass is 32.1. The molecule has 0 spiro atoms. The molecule has 1 aromatic carbocycles. The van der Waals surface area contributed by atoms with Crippen molar-refractivity contribution in [2.45, 2.75) is 18.9 Å². The molecular weight excluding hydrogens is 379 g/mol. The molecule has 4 rings (SSSR count). The van der Waals surface area contributed by atoms with Crippen LogP contribution in [0.15, 0.2) is 36.4 Å². The van der Waals surface area contributed by atoms with Gasteiger partial charge in [0.25, 0.3) is 11.8 Å². The largest absolute Gasteiger partial charge is 0.397 e. The summed E-state index contributed by atoms with van der Waals surface area (Å²) in [5, 5.41) is 3.29. The van der Waals surface area contributed by atoms with E-state index in [1.807, 2.05) is 12.1 Å². The average molecular weight is 398 g/mol. The summed E-state index contributed by atoms with van der Waals surface area (Å²) >= 11 is 1.23. The Morgan fingerprint density at radius 3 is 2.82 bits per heavy atom. The van der Waals surface area contributed by atoms with Gasteiger partial charge in [-0.05, 0) is 37.1 Å². The smallest absolute Gasteiger partial charge is 0.263 e. The van der Waals surface area contributed by atoms with Crippen LogP contribution in [-0.4, -0.2) is 35.3 Å². The van der Waals surface area contributed by atoms with Gasteiger partial charge in [-0.2, -0.15) is 0 Å². The molecule has 28 heavy (non-hydrogen) atoms. The molecule has 0 bridgehead atoms. The predicted molar refractivity (Wildman–Crippen MR) is 107 cm³/mol. The zero-order chi connectivity index (χ0) is 19.8. The molecule has 1 atom stereocenters. The number of nitrogens with one attached hydrogen (secondary N) is 1. The normalized spacial score (nSPS) is 16.5. The minimum Gasteiger partial charge on any atom is -0.397 e. The molecule has 1 aliphatic rings. The van der Waals surface area contributed by atoms with Gasteiger partial charge >= 0.3 is 0 Å². The van der Waals surface area contributed by atoms with Crippen LogP contribution in [0.2, 0.25) is 0 Å². The number of fused-ring (bicyclic) bond motifs is 1. The first kappa shape index (κ1) is 18.4. The lowest BCUT2D eigenvalue weighted by molar-refractivity contribution is 0.0728. The molecule has 1 unspecified atom stereocenters. The van der Waals surface area contributed by atoms with Gasteiger partial charge in [0.15, 0.2) is 0 Å². The Morgan fingerprint density at radius 2 is 2.07 bits per heavy atom. The van der Waals surface area contributed by atoms with E-state index < -0.39 is 5.82 Å². The first-order chi connectivity index (χ1) is 13.5. The van der Waals surface area contributed by atoms with E-state index in [0.717, 1.165) is 23.9 Å². The number of benzene rings is 1. The average Bonchev–Trinajstić information content (AvgIpc) is 3.32. The molecule has 1 aliphatic heterocycles. The van der Waals surface area contributed by atoms with Crippen molar-refractivity contribution in [3.8, 4) is 0 Å². The number of amides is 2. The number of hydrogen-bond acceptors (Lipinski definition) is 5. The highest BCUT2D eigenvalue weighted by Gasteiger charge is 2.33. The van der Waals surface area contributed by atoms with Crippen molar-refractivity contribution in [1.82, 2.24) is 15.2 Å². The summed E-state index contributed by atoms with van der Waals surface area (Å²) in [5.74, 6) is -1.11. The molecule has 3 aromatic rings. The van der Waals surface area contributed by atoms with Gasteiger partial charge in [0.1, 0.15) is 15.5 Å². The Balaban J connectivity index is 1.69. The molecule has 6 nitrogen and oxygen atoms in total. The van der Waals surface area contributed by atoms with Gasteiger partial charge in [-0.1, -0.05) is 12.1 Å². The summed E-state index contributed by atoms with van der Waals surface area (Å²) in [5.41, 5.74) is 7.29. The van der Waals surface area contributed by atoms with Gasteiger partial charge in [-0.25, -0.2) is 9.37 Å². The molecule has 8 heteroatoms. The fraction of sp³-hybridized carbons (Fsp3) is 0.250.